The maximum Gasteiger partial charge on any atom is 0.258 e. The van der Waals surface area contributed by atoms with Crippen molar-refractivity contribution >= 4 is 58.4 Å². The van der Waals surface area contributed by atoms with Crippen molar-refractivity contribution in [3.63, 3.8) is 0 Å². The molecule has 0 fully saturated rings. The van der Waals surface area contributed by atoms with Gasteiger partial charge in [0.15, 0.2) is 15.0 Å². The summed E-state index contributed by atoms with van der Waals surface area (Å²) in [5.74, 6) is -0.893. The number of nitrogens with zero attached hydrogens (tertiary/aromatic N) is 1. The third-order valence-corrected chi connectivity index (χ3v) is 5.88. The summed E-state index contributed by atoms with van der Waals surface area (Å²) in [4.78, 5) is 16.7. The Hall–Kier alpha value is -1.84. The number of nitrogens with one attached hydrogen (secondary N) is 1. The van der Waals surface area contributed by atoms with Crippen LogP contribution in [0.2, 0.25) is 0 Å². The van der Waals surface area contributed by atoms with Crippen LogP contribution in [0, 0.1) is 5.82 Å². The predicted octanol–water partition coefficient (Wildman–Crippen LogP) is 3.85. The lowest BCUT2D eigenvalue weighted by Crippen LogP contribution is -2.12. The number of aromatic nitrogens is 1. The number of amides is 1. The summed E-state index contributed by atoms with van der Waals surface area (Å²) < 4.78 is 37.2. The number of sulfone groups is 1. The first-order valence-corrected chi connectivity index (χ1v) is 10.1. The number of hydrogen-bond donors (Lipinski definition) is 1. The Bertz CT molecular complexity index is 1060. The van der Waals surface area contributed by atoms with Crippen LogP contribution in [0.25, 0.3) is 10.2 Å². The number of hydrogen-bond acceptors (Lipinski definition) is 5. The number of benzene rings is 2. The summed E-state index contributed by atoms with van der Waals surface area (Å²) in [6, 6.07) is 8.34. The molecule has 9 heteroatoms. The quantitative estimate of drug-likeness (QED) is 0.686. The van der Waals surface area contributed by atoms with Crippen LogP contribution in [-0.2, 0) is 9.84 Å². The van der Waals surface area contributed by atoms with E-state index in [1.165, 1.54) is 30.3 Å². The topological polar surface area (TPSA) is 76.1 Å². The SMILES string of the molecule is CS(=O)(=O)c1ccc2nc(NC(=O)c3ccc(F)cc3Br)sc2c1. The fourth-order valence-corrected chi connectivity index (χ4v) is 4.18. The first-order valence-electron chi connectivity index (χ1n) is 6.61. The van der Waals surface area contributed by atoms with Gasteiger partial charge in [-0.3, -0.25) is 10.1 Å². The van der Waals surface area contributed by atoms with Gasteiger partial charge < -0.3 is 0 Å². The lowest BCUT2D eigenvalue weighted by atomic mass is 10.2. The van der Waals surface area contributed by atoms with Gasteiger partial charge in [0, 0.05) is 10.7 Å². The molecular formula is C15H10BrFN2O3S2. The van der Waals surface area contributed by atoms with Crippen LogP contribution in [0.15, 0.2) is 45.8 Å². The molecule has 124 valence electrons. The second-order valence-corrected chi connectivity index (χ2v) is 8.90. The fourth-order valence-electron chi connectivity index (χ4n) is 2.03. The van der Waals surface area contributed by atoms with E-state index in [2.05, 4.69) is 26.2 Å². The van der Waals surface area contributed by atoms with Gasteiger partial charge in [-0.25, -0.2) is 17.8 Å². The maximum absolute atomic E-state index is 13.1. The van der Waals surface area contributed by atoms with Crippen LogP contribution in [-0.4, -0.2) is 25.6 Å². The van der Waals surface area contributed by atoms with Gasteiger partial charge in [0.1, 0.15) is 5.82 Å². The van der Waals surface area contributed by atoms with Crippen LogP contribution in [0.4, 0.5) is 9.52 Å². The molecule has 3 rings (SSSR count). The van der Waals surface area contributed by atoms with Crippen molar-refractivity contribution < 1.29 is 17.6 Å². The molecule has 1 aromatic heterocycles. The number of rotatable bonds is 3. The van der Waals surface area contributed by atoms with E-state index in [4.69, 9.17) is 0 Å². The van der Waals surface area contributed by atoms with Crippen LogP contribution >= 0.6 is 27.3 Å². The van der Waals surface area contributed by atoms with E-state index in [-0.39, 0.29) is 10.5 Å². The summed E-state index contributed by atoms with van der Waals surface area (Å²) in [7, 11) is -3.31. The Morgan fingerprint density at radius 3 is 2.67 bits per heavy atom. The highest BCUT2D eigenvalue weighted by molar-refractivity contribution is 9.10. The minimum absolute atomic E-state index is 0.192. The highest BCUT2D eigenvalue weighted by Crippen LogP contribution is 2.29. The van der Waals surface area contributed by atoms with Crippen LogP contribution in [0.5, 0.6) is 0 Å². The second kappa shape index (κ2) is 6.23. The van der Waals surface area contributed by atoms with Crippen molar-refractivity contribution in [3.8, 4) is 0 Å². The zero-order chi connectivity index (χ0) is 17.5. The van der Waals surface area contributed by atoms with Gasteiger partial charge in [-0.05, 0) is 52.3 Å². The fraction of sp³-hybridized carbons (Fsp3) is 0.0667. The molecule has 0 atom stereocenters. The van der Waals surface area contributed by atoms with Gasteiger partial charge in [0.25, 0.3) is 5.91 Å². The third kappa shape index (κ3) is 3.47. The van der Waals surface area contributed by atoms with E-state index in [1.807, 2.05) is 0 Å². The van der Waals surface area contributed by atoms with E-state index in [0.29, 0.717) is 19.8 Å². The Morgan fingerprint density at radius 2 is 2.00 bits per heavy atom. The van der Waals surface area contributed by atoms with Gasteiger partial charge in [-0.1, -0.05) is 11.3 Å². The van der Waals surface area contributed by atoms with Crippen LogP contribution < -0.4 is 5.32 Å². The lowest BCUT2D eigenvalue weighted by molar-refractivity contribution is 0.102. The second-order valence-electron chi connectivity index (χ2n) is 5.00. The van der Waals surface area contributed by atoms with E-state index >= 15 is 0 Å². The molecule has 0 saturated carbocycles. The average Bonchev–Trinajstić information content (AvgIpc) is 2.87. The van der Waals surface area contributed by atoms with Gasteiger partial charge in [0.2, 0.25) is 0 Å². The molecule has 0 radical (unpaired) electrons. The maximum atomic E-state index is 13.1. The average molecular weight is 429 g/mol. The van der Waals surface area contributed by atoms with Crippen molar-refractivity contribution in [1.82, 2.24) is 4.98 Å². The zero-order valence-electron chi connectivity index (χ0n) is 12.2. The Balaban J connectivity index is 1.91. The molecule has 1 heterocycles. The van der Waals surface area contributed by atoms with E-state index in [1.54, 1.807) is 6.07 Å². The van der Waals surface area contributed by atoms with Gasteiger partial charge in [0.05, 0.1) is 20.7 Å². The van der Waals surface area contributed by atoms with Crippen LogP contribution in [0.1, 0.15) is 10.4 Å². The number of halogens is 2. The van der Waals surface area contributed by atoms with Crippen molar-refractivity contribution in [2.75, 3.05) is 11.6 Å². The Kier molecular flexibility index (Phi) is 4.41. The molecule has 0 aliphatic heterocycles. The molecule has 1 amide bonds. The number of thiazole rings is 1. The highest BCUT2D eigenvalue weighted by atomic mass is 79.9. The number of carbonyl (C=O) groups excluding carboxylic acids is 1. The van der Waals surface area contributed by atoms with E-state index < -0.39 is 21.6 Å². The molecule has 1 N–H and O–H groups in total. The molecule has 24 heavy (non-hydrogen) atoms. The minimum atomic E-state index is -3.31. The molecule has 0 bridgehead atoms. The third-order valence-electron chi connectivity index (χ3n) is 3.18. The number of fused-ring (bicyclic) bond motifs is 1. The van der Waals surface area contributed by atoms with Gasteiger partial charge >= 0.3 is 0 Å². The van der Waals surface area contributed by atoms with Gasteiger partial charge in [-0.2, -0.15) is 0 Å². The summed E-state index contributed by atoms with van der Waals surface area (Å²) in [5.41, 5.74) is 0.855. The normalized spacial score (nSPS) is 11.6. The summed E-state index contributed by atoms with van der Waals surface area (Å²) >= 11 is 4.31. The summed E-state index contributed by atoms with van der Waals surface area (Å²) in [6.07, 6.45) is 1.13. The van der Waals surface area contributed by atoms with Crippen molar-refractivity contribution in [2.24, 2.45) is 0 Å². The van der Waals surface area contributed by atoms with E-state index in [0.717, 1.165) is 17.6 Å². The molecule has 5 nitrogen and oxygen atoms in total. The molecule has 0 unspecified atom stereocenters. The standard InChI is InChI=1S/C15H10BrFN2O3S2/c1-24(21,22)9-3-5-12-13(7-9)23-15(18-12)19-14(20)10-4-2-8(17)6-11(10)16/h2-7H,1H3,(H,18,19,20). The molecule has 3 aromatic rings. The number of carbonyl (C=O) groups is 1. The van der Waals surface area contributed by atoms with E-state index in [9.17, 15) is 17.6 Å². The first kappa shape index (κ1) is 17.0. The van der Waals surface area contributed by atoms with Gasteiger partial charge in [-0.15, -0.1) is 0 Å². The smallest absolute Gasteiger partial charge is 0.258 e. The van der Waals surface area contributed by atoms with Crippen molar-refractivity contribution in [3.05, 3.63) is 52.3 Å². The molecule has 0 saturated heterocycles. The van der Waals surface area contributed by atoms with Crippen LogP contribution in [0.3, 0.4) is 0 Å². The molecule has 2 aromatic carbocycles. The minimum Gasteiger partial charge on any atom is -0.298 e. The monoisotopic (exact) mass is 428 g/mol. The molecule has 0 spiro atoms. The van der Waals surface area contributed by atoms with Crippen molar-refractivity contribution in [1.29, 1.82) is 0 Å². The summed E-state index contributed by atoms with van der Waals surface area (Å²) in [5, 5.41) is 2.96. The Labute approximate surface area is 149 Å². The molecule has 0 aliphatic rings. The summed E-state index contributed by atoms with van der Waals surface area (Å²) in [6.45, 7) is 0. The molecule has 0 aliphatic carbocycles. The number of anilines is 1. The largest absolute Gasteiger partial charge is 0.298 e. The predicted molar refractivity (Wildman–Crippen MR) is 94.8 cm³/mol. The Morgan fingerprint density at radius 1 is 1.25 bits per heavy atom. The van der Waals surface area contributed by atoms with Crippen molar-refractivity contribution in [2.45, 2.75) is 4.90 Å². The first-order chi connectivity index (χ1) is 11.2. The zero-order valence-corrected chi connectivity index (χ0v) is 15.4. The molecular weight excluding hydrogens is 419 g/mol. The lowest BCUT2D eigenvalue weighted by Gasteiger charge is -2.03. The highest BCUT2D eigenvalue weighted by Gasteiger charge is 2.15.